The monoisotopic (exact) mass is 569 g/mol. The standard InChI is InChI=1S/C29H39N5O7/c1-5-17(4)24(34-27(38)22(12-16(2)3)33-29(40)41)25(36)28(39)31-15-23(35)32-21(26(30)37)14-18-10-11-19-8-6-7-9-20(19)13-18/h6-11,13,16-17,21-22,24,33H,5,12,14-15H2,1-4H3,(H2,30,37)(H,31,39)(H,32,35)(H,34,38)(H,40,41)/t17-,21-,22+,24?/m0/s1. The number of hydrogen-bond acceptors (Lipinski definition) is 6. The number of amides is 5. The van der Waals surface area contributed by atoms with Crippen molar-refractivity contribution in [2.75, 3.05) is 6.54 Å². The Hall–Kier alpha value is -4.48. The molecular weight excluding hydrogens is 530 g/mol. The lowest BCUT2D eigenvalue weighted by molar-refractivity contribution is -0.141. The van der Waals surface area contributed by atoms with Gasteiger partial charge in [0, 0.05) is 6.42 Å². The number of benzene rings is 2. The van der Waals surface area contributed by atoms with Crippen molar-refractivity contribution in [2.45, 2.75) is 65.1 Å². The number of primary amides is 1. The predicted molar refractivity (Wildman–Crippen MR) is 153 cm³/mol. The molecule has 2 rings (SSSR count). The Kier molecular flexibility index (Phi) is 12.2. The number of ketones is 1. The van der Waals surface area contributed by atoms with E-state index in [-0.39, 0.29) is 18.8 Å². The van der Waals surface area contributed by atoms with Crippen molar-refractivity contribution in [3.05, 3.63) is 48.0 Å². The van der Waals surface area contributed by atoms with Crippen molar-refractivity contribution in [3.63, 3.8) is 0 Å². The molecule has 0 saturated carbocycles. The van der Waals surface area contributed by atoms with Crippen LogP contribution in [0.1, 0.15) is 46.1 Å². The van der Waals surface area contributed by atoms with Crippen molar-refractivity contribution in [3.8, 4) is 0 Å². The molecule has 2 aromatic carbocycles. The van der Waals surface area contributed by atoms with Crippen LogP contribution in [0.15, 0.2) is 42.5 Å². The van der Waals surface area contributed by atoms with Gasteiger partial charge in [-0.2, -0.15) is 0 Å². The average Bonchev–Trinajstić information content (AvgIpc) is 2.92. The molecule has 12 nitrogen and oxygen atoms in total. The molecule has 0 aromatic heterocycles. The van der Waals surface area contributed by atoms with E-state index in [4.69, 9.17) is 10.8 Å². The molecule has 0 aliphatic carbocycles. The topological polar surface area (TPSA) is 197 Å². The maximum atomic E-state index is 13.0. The number of nitrogens with two attached hydrogens (primary N) is 1. The molecule has 1 unspecified atom stereocenters. The Balaban J connectivity index is 2.02. The summed E-state index contributed by atoms with van der Waals surface area (Å²) in [5.41, 5.74) is 6.26. The van der Waals surface area contributed by atoms with E-state index in [1.165, 1.54) is 0 Å². The zero-order chi connectivity index (χ0) is 30.7. The highest BCUT2D eigenvalue weighted by atomic mass is 16.4. The van der Waals surface area contributed by atoms with Crippen LogP contribution in [-0.2, 0) is 30.4 Å². The minimum atomic E-state index is -1.39. The lowest BCUT2D eigenvalue weighted by Crippen LogP contribution is -2.56. The second-order valence-electron chi connectivity index (χ2n) is 10.5. The van der Waals surface area contributed by atoms with Gasteiger partial charge in [0.1, 0.15) is 12.1 Å². The van der Waals surface area contributed by atoms with Gasteiger partial charge in [-0.3, -0.25) is 24.0 Å². The maximum Gasteiger partial charge on any atom is 0.405 e. The highest BCUT2D eigenvalue weighted by Crippen LogP contribution is 2.17. The van der Waals surface area contributed by atoms with E-state index in [1.54, 1.807) is 13.8 Å². The quantitative estimate of drug-likeness (QED) is 0.173. The summed E-state index contributed by atoms with van der Waals surface area (Å²) in [6, 6.07) is 9.86. The molecule has 5 amide bonds. The lowest BCUT2D eigenvalue weighted by Gasteiger charge is -2.26. The van der Waals surface area contributed by atoms with Gasteiger partial charge in [0.2, 0.25) is 23.5 Å². The summed E-state index contributed by atoms with van der Waals surface area (Å²) in [7, 11) is 0. The third-order valence-electron chi connectivity index (χ3n) is 6.68. The Bertz CT molecular complexity index is 1280. The zero-order valence-corrected chi connectivity index (χ0v) is 23.7. The van der Waals surface area contributed by atoms with E-state index in [9.17, 15) is 28.8 Å². The van der Waals surface area contributed by atoms with Gasteiger partial charge >= 0.3 is 6.09 Å². The van der Waals surface area contributed by atoms with Crippen LogP contribution >= 0.6 is 0 Å². The maximum absolute atomic E-state index is 13.0. The summed E-state index contributed by atoms with van der Waals surface area (Å²) in [5.74, 6) is -4.81. The average molecular weight is 570 g/mol. The number of fused-ring (bicyclic) bond motifs is 1. The normalized spacial score (nSPS) is 13.9. The van der Waals surface area contributed by atoms with E-state index in [0.29, 0.717) is 6.42 Å². The molecule has 0 aliphatic rings. The Labute approximate surface area is 238 Å². The van der Waals surface area contributed by atoms with Crippen molar-refractivity contribution in [1.82, 2.24) is 21.3 Å². The first kappa shape index (κ1) is 32.7. The first-order chi connectivity index (χ1) is 19.3. The Morgan fingerprint density at radius 3 is 2.12 bits per heavy atom. The van der Waals surface area contributed by atoms with Crippen LogP contribution in [0.5, 0.6) is 0 Å². The number of carbonyl (C=O) groups excluding carboxylic acids is 5. The number of carboxylic acid groups (broad SMARTS) is 1. The van der Waals surface area contributed by atoms with Crippen molar-refractivity contribution in [1.29, 1.82) is 0 Å². The molecular formula is C29H39N5O7. The fraction of sp³-hybridized carbons (Fsp3) is 0.448. The van der Waals surface area contributed by atoms with E-state index in [1.807, 2.05) is 56.3 Å². The largest absolute Gasteiger partial charge is 0.465 e. The van der Waals surface area contributed by atoms with Gasteiger partial charge in [0.05, 0.1) is 12.6 Å². The van der Waals surface area contributed by atoms with Crippen molar-refractivity contribution < 1.29 is 33.9 Å². The van der Waals surface area contributed by atoms with Crippen LogP contribution in [0.25, 0.3) is 10.8 Å². The molecule has 0 heterocycles. The number of carbonyl (C=O) groups is 6. The van der Waals surface area contributed by atoms with E-state index in [0.717, 1.165) is 16.3 Å². The van der Waals surface area contributed by atoms with Gasteiger partial charge in [-0.25, -0.2) is 4.79 Å². The van der Waals surface area contributed by atoms with Crippen LogP contribution < -0.4 is 27.0 Å². The number of rotatable bonds is 15. The molecule has 2 aromatic rings. The van der Waals surface area contributed by atoms with Gasteiger partial charge in [0.15, 0.2) is 0 Å². The molecule has 0 spiro atoms. The SMILES string of the molecule is CC[C@H](C)C(NC(=O)[C@@H](CC(C)C)NC(=O)O)C(=O)C(=O)NCC(=O)N[C@@H](Cc1ccc2ccccc2c1)C(N)=O. The summed E-state index contributed by atoms with van der Waals surface area (Å²) < 4.78 is 0. The van der Waals surface area contributed by atoms with E-state index in [2.05, 4.69) is 21.3 Å². The van der Waals surface area contributed by atoms with Crippen LogP contribution in [0.3, 0.4) is 0 Å². The first-order valence-electron chi connectivity index (χ1n) is 13.5. The van der Waals surface area contributed by atoms with Crippen molar-refractivity contribution in [2.24, 2.45) is 17.6 Å². The van der Waals surface area contributed by atoms with Crippen LogP contribution in [0.4, 0.5) is 4.79 Å². The summed E-state index contributed by atoms with van der Waals surface area (Å²) in [4.78, 5) is 74.2. The summed E-state index contributed by atoms with van der Waals surface area (Å²) in [5, 5.41) is 20.4. The summed E-state index contributed by atoms with van der Waals surface area (Å²) in [6.45, 7) is 6.44. The first-order valence-corrected chi connectivity index (χ1v) is 13.5. The van der Waals surface area contributed by atoms with E-state index < -0.39 is 66.1 Å². The second kappa shape index (κ2) is 15.3. The summed E-state index contributed by atoms with van der Waals surface area (Å²) >= 11 is 0. The van der Waals surface area contributed by atoms with Gasteiger partial charge in [-0.05, 0) is 34.6 Å². The second-order valence-corrected chi connectivity index (χ2v) is 10.5. The van der Waals surface area contributed by atoms with E-state index >= 15 is 0 Å². The van der Waals surface area contributed by atoms with Gasteiger partial charge in [-0.15, -0.1) is 0 Å². The van der Waals surface area contributed by atoms with Crippen LogP contribution in [0.2, 0.25) is 0 Å². The van der Waals surface area contributed by atoms with Gasteiger partial charge < -0.3 is 32.1 Å². The minimum absolute atomic E-state index is 0.0253. The third kappa shape index (κ3) is 10.2. The smallest absolute Gasteiger partial charge is 0.405 e. The van der Waals surface area contributed by atoms with Crippen LogP contribution in [0, 0.1) is 11.8 Å². The molecule has 4 atom stereocenters. The van der Waals surface area contributed by atoms with Gasteiger partial charge in [0.25, 0.3) is 5.91 Å². The summed E-state index contributed by atoms with van der Waals surface area (Å²) in [6.07, 6.45) is -0.647. The highest BCUT2D eigenvalue weighted by molar-refractivity contribution is 6.38. The molecule has 0 bridgehead atoms. The molecule has 41 heavy (non-hydrogen) atoms. The molecule has 12 heteroatoms. The molecule has 0 radical (unpaired) electrons. The molecule has 0 aliphatic heterocycles. The number of Topliss-reactive ketones (excluding diaryl/α,β-unsaturated/α-hetero) is 1. The third-order valence-corrected chi connectivity index (χ3v) is 6.68. The Morgan fingerprint density at radius 2 is 1.54 bits per heavy atom. The Morgan fingerprint density at radius 1 is 0.878 bits per heavy atom. The molecule has 0 saturated heterocycles. The van der Waals surface area contributed by atoms with Crippen molar-refractivity contribution >= 4 is 46.3 Å². The zero-order valence-electron chi connectivity index (χ0n) is 23.7. The molecule has 222 valence electrons. The molecule has 0 fully saturated rings. The fourth-order valence-corrected chi connectivity index (χ4v) is 4.27. The molecule has 7 N–H and O–H groups in total. The van der Waals surface area contributed by atoms with Gasteiger partial charge in [-0.1, -0.05) is 76.6 Å². The highest BCUT2D eigenvalue weighted by Gasteiger charge is 2.33. The fourth-order valence-electron chi connectivity index (χ4n) is 4.27. The van der Waals surface area contributed by atoms with Crippen LogP contribution in [-0.4, -0.2) is 65.3 Å². The number of nitrogens with one attached hydrogen (secondary N) is 4. The minimum Gasteiger partial charge on any atom is -0.465 e. The number of hydrogen-bond donors (Lipinski definition) is 6. The lowest BCUT2D eigenvalue weighted by atomic mass is 9.94. The predicted octanol–water partition coefficient (Wildman–Crippen LogP) is 1.25.